The minimum Gasteiger partial charge on any atom is -0.465 e. The zero-order valence-corrected chi connectivity index (χ0v) is 19.0. The topological polar surface area (TPSA) is 68.6 Å². The molecule has 0 N–H and O–H groups in total. The highest BCUT2D eigenvalue weighted by Gasteiger charge is 2.36. The number of anilines is 1. The summed E-state index contributed by atoms with van der Waals surface area (Å²) >= 11 is 0.932. The number of nitrogens with zero attached hydrogens (tertiary/aromatic N) is 2. The summed E-state index contributed by atoms with van der Waals surface area (Å²) in [5.74, 6) is -0.721. The number of carbonyl (C=O) groups excluding carboxylic acids is 3. The first kappa shape index (κ1) is 21.6. The average Bonchev–Trinajstić information content (AvgIpc) is 3.22. The lowest BCUT2D eigenvalue weighted by Gasteiger charge is -2.15. The SMILES string of the molecule is COC(=O)c1cccc(-n2c(C)cc(C=C3SC(=O)N(c4ccccc4)C3=O)c2C)c1C. The van der Waals surface area contributed by atoms with E-state index in [0.29, 0.717) is 16.2 Å². The van der Waals surface area contributed by atoms with Crippen LogP contribution in [0.4, 0.5) is 10.5 Å². The van der Waals surface area contributed by atoms with E-state index in [1.54, 1.807) is 36.4 Å². The quantitative estimate of drug-likeness (QED) is 0.395. The fraction of sp³-hybridized carbons (Fsp3) is 0.160. The number of hydrogen-bond donors (Lipinski definition) is 0. The van der Waals surface area contributed by atoms with Crippen molar-refractivity contribution in [3.8, 4) is 5.69 Å². The fourth-order valence-corrected chi connectivity index (χ4v) is 4.74. The van der Waals surface area contributed by atoms with Gasteiger partial charge in [0.05, 0.1) is 23.3 Å². The molecular weight excluding hydrogens is 424 g/mol. The van der Waals surface area contributed by atoms with Gasteiger partial charge in [0.2, 0.25) is 0 Å². The Kier molecular flexibility index (Phi) is 5.76. The van der Waals surface area contributed by atoms with Crippen LogP contribution in [0.1, 0.15) is 32.9 Å². The molecule has 1 aliphatic rings. The maximum absolute atomic E-state index is 13.0. The number of amides is 2. The molecule has 2 aromatic carbocycles. The average molecular weight is 447 g/mol. The van der Waals surface area contributed by atoms with Gasteiger partial charge in [-0.3, -0.25) is 9.59 Å². The van der Waals surface area contributed by atoms with Gasteiger partial charge in [-0.25, -0.2) is 9.69 Å². The van der Waals surface area contributed by atoms with Crippen molar-refractivity contribution in [3.63, 3.8) is 0 Å². The normalized spacial score (nSPS) is 15.0. The Balaban J connectivity index is 1.74. The first-order chi connectivity index (χ1) is 15.3. The van der Waals surface area contributed by atoms with Crippen LogP contribution in [0.15, 0.2) is 59.5 Å². The van der Waals surface area contributed by atoms with Gasteiger partial charge in [-0.15, -0.1) is 0 Å². The Morgan fingerprint density at radius 3 is 2.41 bits per heavy atom. The zero-order chi connectivity index (χ0) is 23.0. The Hall–Kier alpha value is -3.58. The van der Waals surface area contributed by atoms with E-state index >= 15 is 0 Å². The van der Waals surface area contributed by atoms with Crippen molar-refractivity contribution in [2.45, 2.75) is 20.8 Å². The van der Waals surface area contributed by atoms with Crippen LogP contribution in [0.5, 0.6) is 0 Å². The number of aromatic nitrogens is 1. The van der Waals surface area contributed by atoms with E-state index in [1.165, 1.54) is 12.0 Å². The van der Waals surface area contributed by atoms with Gasteiger partial charge in [0.25, 0.3) is 11.1 Å². The van der Waals surface area contributed by atoms with Crippen molar-refractivity contribution in [1.82, 2.24) is 4.57 Å². The fourth-order valence-electron chi connectivity index (χ4n) is 3.91. The lowest BCUT2D eigenvalue weighted by Crippen LogP contribution is -2.27. The number of hydrogen-bond acceptors (Lipinski definition) is 5. The molecule has 1 aliphatic heterocycles. The lowest BCUT2D eigenvalue weighted by molar-refractivity contribution is -0.113. The number of ether oxygens (including phenoxy) is 1. The molecule has 6 nitrogen and oxygen atoms in total. The van der Waals surface area contributed by atoms with E-state index in [1.807, 2.05) is 49.6 Å². The first-order valence-electron chi connectivity index (χ1n) is 10.0. The van der Waals surface area contributed by atoms with Gasteiger partial charge >= 0.3 is 5.97 Å². The molecule has 1 aromatic heterocycles. The number of imide groups is 1. The van der Waals surface area contributed by atoms with E-state index in [9.17, 15) is 14.4 Å². The molecule has 3 aromatic rings. The van der Waals surface area contributed by atoms with Crippen LogP contribution < -0.4 is 4.90 Å². The molecule has 0 atom stereocenters. The number of esters is 1. The van der Waals surface area contributed by atoms with Gasteiger partial charge < -0.3 is 9.30 Å². The summed E-state index contributed by atoms with van der Waals surface area (Å²) in [5.41, 5.74) is 5.41. The van der Waals surface area contributed by atoms with Crippen LogP contribution in [0.2, 0.25) is 0 Å². The number of thioether (sulfide) groups is 1. The molecule has 2 amide bonds. The number of methoxy groups -OCH3 is 1. The molecule has 4 rings (SSSR count). The molecule has 0 spiro atoms. The van der Waals surface area contributed by atoms with Crippen LogP contribution in [-0.4, -0.2) is 28.8 Å². The standard InChI is InChI=1S/C25H22N2O4S/c1-15-13-18(14-22-23(28)27(25(30)32-22)19-9-6-5-7-10-19)17(3)26(15)21-12-8-11-20(16(21)2)24(29)31-4/h5-14H,1-4H3. The van der Waals surface area contributed by atoms with Crippen molar-refractivity contribution in [2.24, 2.45) is 0 Å². The summed E-state index contributed by atoms with van der Waals surface area (Å²) in [4.78, 5) is 39.2. The van der Waals surface area contributed by atoms with Gasteiger partial charge in [0.15, 0.2) is 0 Å². The second-order valence-electron chi connectivity index (χ2n) is 7.46. The summed E-state index contributed by atoms with van der Waals surface area (Å²) in [6, 6.07) is 16.4. The minimum absolute atomic E-state index is 0.317. The first-order valence-corrected chi connectivity index (χ1v) is 10.9. The molecule has 1 fully saturated rings. The van der Waals surface area contributed by atoms with Crippen molar-refractivity contribution in [2.75, 3.05) is 12.0 Å². The highest BCUT2D eigenvalue weighted by Crippen LogP contribution is 2.36. The number of benzene rings is 2. The summed E-state index contributed by atoms with van der Waals surface area (Å²) in [6.45, 7) is 5.79. The lowest BCUT2D eigenvalue weighted by atomic mass is 10.1. The van der Waals surface area contributed by atoms with Crippen molar-refractivity contribution in [1.29, 1.82) is 0 Å². The van der Waals surface area contributed by atoms with E-state index in [2.05, 4.69) is 0 Å². The third kappa shape index (κ3) is 3.65. The van der Waals surface area contributed by atoms with Crippen LogP contribution >= 0.6 is 11.8 Å². The van der Waals surface area contributed by atoms with E-state index < -0.39 is 0 Å². The molecule has 7 heteroatoms. The van der Waals surface area contributed by atoms with E-state index in [-0.39, 0.29) is 17.1 Å². The smallest absolute Gasteiger partial charge is 0.338 e. The maximum Gasteiger partial charge on any atom is 0.338 e. The van der Waals surface area contributed by atoms with Crippen molar-refractivity contribution in [3.05, 3.63) is 87.6 Å². The van der Waals surface area contributed by atoms with Gasteiger partial charge in [-0.2, -0.15) is 0 Å². The molecule has 0 aliphatic carbocycles. The van der Waals surface area contributed by atoms with Crippen LogP contribution in [0.3, 0.4) is 0 Å². The van der Waals surface area contributed by atoms with Crippen LogP contribution in [-0.2, 0) is 9.53 Å². The van der Waals surface area contributed by atoms with Gasteiger partial charge in [0, 0.05) is 17.1 Å². The Labute approximate surface area is 190 Å². The van der Waals surface area contributed by atoms with Crippen LogP contribution in [0.25, 0.3) is 11.8 Å². The third-order valence-corrected chi connectivity index (χ3v) is 6.39. The number of carbonyl (C=O) groups is 3. The molecule has 0 saturated carbocycles. The molecule has 1 saturated heterocycles. The summed E-state index contributed by atoms with van der Waals surface area (Å²) in [7, 11) is 1.36. The molecule has 0 unspecified atom stereocenters. The van der Waals surface area contributed by atoms with Gasteiger partial charge in [0.1, 0.15) is 0 Å². The van der Waals surface area contributed by atoms with Crippen molar-refractivity contribution < 1.29 is 19.1 Å². The number of para-hydroxylation sites is 1. The van der Waals surface area contributed by atoms with Gasteiger partial charge in [-0.05, 0) is 80.1 Å². The predicted molar refractivity (Wildman–Crippen MR) is 126 cm³/mol. The van der Waals surface area contributed by atoms with E-state index in [0.717, 1.165) is 40.0 Å². The largest absolute Gasteiger partial charge is 0.465 e. The Morgan fingerprint density at radius 2 is 1.72 bits per heavy atom. The molecule has 32 heavy (non-hydrogen) atoms. The maximum atomic E-state index is 13.0. The summed E-state index contributed by atoms with van der Waals surface area (Å²) in [5, 5.41) is -0.317. The highest BCUT2D eigenvalue weighted by molar-refractivity contribution is 8.19. The molecular formula is C25H22N2O4S. The Morgan fingerprint density at radius 1 is 1.00 bits per heavy atom. The monoisotopic (exact) mass is 446 g/mol. The summed E-state index contributed by atoms with van der Waals surface area (Å²) < 4.78 is 6.93. The Bertz CT molecular complexity index is 1270. The molecule has 162 valence electrons. The van der Waals surface area contributed by atoms with E-state index in [4.69, 9.17) is 4.74 Å². The predicted octanol–water partition coefficient (Wildman–Crippen LogP) is 5.43. The zero-order valence-electron chi connectivity index (χ0n) is 18.2. The number of rotatable bonds is 4. The second kappa shape index (κ2) is 8.51. The molecule has 0 radical (unpaired) electrons. The molecule has 2 heterocycles. The minimum atomic E-state index is -0.387. The number of aryl methyl sites for hydroxylation is 1. The van der Waals surface area contributed by atoms with Crippen molar-refractivity contribution >= 4 is 40.6 Å². The second-order valence-corrected chi connectivity index (χ2v) is 8.45. The summed E-state index contributed by atoms with van der Waals surface area (Å²) in [6.07, 6.45) is 1.76. The molecule has 0 bridgehead atoms. The highest BCUT2D eigenvalue weighted by atomic mass is 32.2. The van der Waals surface area contributed by atoms with Crippen LogP contribution in [0, 0.1) is 20.8 Å². The third-order valence-electron chi connectivity index (χ3n) is 5.52. The van der Waals surface area contributed by atoms with Gasteiger partial charge in [-0.1, -0.05) is 24.3 Å².